The first-order chi connectivity index (χ1) is 11.6. The molecular formula is C17H18Cl2N2O3. The molecule has 0 heterocycles. The Labute approximate surface area is 150 Å². The van der Waals surface area contributed by atoms with Crippen molar-refractivity contribution in [2.24, 2.45) is 0 Å². The molecule has 5 nitrogen and oxygen atoms in total. The van der Waals surface area contributed by atoms with E-state index >= 15 is 0 Å². The molecule has 0 fully saturated rings. The van der Waals surface area contributed by atoms with Crippen LogP contribution in [-0.4, -0.2) is 32.8 Å². The second-order valence-corrected chi connectivity index (χ2v) is 5.66. The number of carbonyl (C=O) groups is 1. The summed E-state index contributed by atoms with van der Waals surface area (Å²) in [5.41, 5.74) is 1.25. The summed E-state index contributed by atoms with van der Waals surface area (Å²) in [4.78, 5) is 12.0. The van der Waals surface area contributed by atoms with Crippen LogP contribution in [0.5, 0.6) is 5.75 Å². The highest BCUT2D eigenvalue weighted by molar-refractivity contribution is 6.43. The van der Waals surface area contributed by atoms with E-state index in [4.69, 9.17) is 32.7 Å². The molecule has 2 aromatic rings. The van der Waals surface area contributed by atoms with E-state index in [0.717, 1.165) is 0 Å². The lowest BCUT2D eigenvalue weighted by Crippen LogP contribution is -2.21. The van der Waals surface area contributed by atoms with E-state index in [1.807, 2.05) is 6.07 Å². The van der Waals surface area contributed by atoms with Crippen molar-refractivity contribution in [1.82, 2.24) is 0 Å². The minimum Gasteiger partial charge on any atom is -0.491 e. The minimum atomic E-state index is -0.208. The average Bonchev–Trinajstić information content (AvgIpc) is 2.57. The topological polar surface area (TPSA) is 59.6 Å². The molecule has 0 aromatic heterocycles. The summed E-state index contributed by atoms with van der Waals surface area (Å²) in [6, 6.07) is 12.4. The molecule has 0 unspecified atom stereocenters. The largest absolute Gasteiger partial charge is 0.491 e. The van der Waals surface area contributed by atoms with E-state index < -0.39 is 0 Å². The van der Waals surface area contributed by atoms with Crippen LogP contribution in [0.25, 0.3) is 0 Å². The third-order valence-electron chi connectivity index (χ3n) is 3.06. The van der Waals surface area contributed by atoms with Crippen molar-refractivity contribution in [3.63, 3.8) is 0 Å². The van der Waals surface area contributed by atoms with E-state index in [2.05, 4.69) is 10.6 Å². The maximum absolute atomic E-state index is 12.0. The first kappa shape index (κ1) is 18.4. The third-order valence-corrected chi connectivity index (χ3v) is 3.88. The van der Waals surface area contributed by atoms with Crippen LogP contribution in [0.15, 0.2) is 42.5 Å². The maximum Gasteiger partial charge on any atom is 0.243 e. The fourth-order valence-electron chi connectivity index (χ4n) is 1.93. The smallest absolute Gasteiger partial charge is 0.243 e. The molecule has 7 heteroatoms. The van der Waals surface area contributed by atoms with Crippen LogP contribution in [0.4, 0.5) is 11.4 Å². The summed E-state index contributed by atoms with van der Waals surface area (Å²) in [5, 5.41) is 6.57. The van der Waals surface area contributed by atoms with Gasteiger partial charge in [0, 0.05) is 18.9 Å². The van der Waals surface area contributed by atoms with Gasteiger partial charge in [-0.15, -0.1) is 0 Å². The lowest BCUT2D eigenvalue weighted by Gasteiger charge is -2.11. The number of benzene rings is 2. The van der Waals surface area contributed by atoms with Gasteiger partial charge in [-0.05, 0) is 24.3 Å². The number of carbonyl (C=O) groups excluding carboxylic acids is 1. The van der Waals surface area contributed by atoms with Gasteiger partial charge in [0.2, 0.25) is 5.91 Å². The number of halogens is 2. The van der Waals surface area contributed by atoms with Gasteiger partial charge in [0.05, 0.1) is 28.9 Å². The summed E-state index contributed by atoms with van der Waals surface area (Å²) in [7, 11) is 1.61. The molecule has 1 amide bonds. The van der Waals surface area contributed by atoms with Gasteiger partial charge in [0.1, 0.15) is 12.4 Å². The number of ether oxygens (including phenoxy) is 2. The summed E-state index contributed by atoms with van der Waals surface area (Å²) < 4.78 is 10.4. The zero-order valence-corrected chi connectivity index (χ0v) is 14.7. The Morgan fingerprint density at radius 3 is 2.71 bits per heavy atom. The zero-order valence-electron chi connectivity index (χ0n) is 13.1. The second-order valence-electron chi connectivity index (χ2n) is 4.87. The molecular weight excluding hydrogens is 351 g/mol. The van der Waals surface area contributed by atoms with E-state index in [0.29, 0.717) is 40.4 Å². The molecule has 0 radical (unpaired) electrons. The molecule has 0 atom stereocenters. The van der Waals surface area contributed by atoms with Crippen LogP contribution >= 0.6 is 23.2 Å². The Hall–Kier alpha value is -1.95. The van der Waals surface area contributed by atoms with E-state index in [1.54, 1.807) is 43.5 Å². The second kappa shape index (κ2) is 9.37. The Morgan fingerprint density at radius 1 is 1.12 bits per heavy atom. The number of methoxy groups -OCH3 is 1. The van der Waals surface area contributed by atoms with Gasteiger partial charge in [-0.25, -0.2) is 0 Å². The van der Waals surface area contributed by atoms with Crippen molar-refractivity contribution in [3.05, 3.63) is 52.5 Å². The highest BCUT2D eigenvalue weighted by Gasteiger charge is 2.07. The van der Waals surface area contributed by atoms with Gasteiger partial charge in [0.25, 0.3) is 0 Å². The van der Waals surface area contributed by atoms with Crippen LogP contribution in [-0.2, 0) is 9.53 Å². The number of rotatable bonds is 8. The molecule has 2 N–H and O–H groups in total. The molecule has 0 aliphatic rings. The lowest BCUT2D eigenvalue weighted by atomic mass is 10.3. The van der Waals surface area contributed by atoms with Crippen LogP contribution < -0.4 is 15.4 Å². The maximum atomic E-state index is 12.0. The normalized spacial score (nSPS) is 10.3. The first-order valence-corrected chi connectivity index (χ1v) is 8.05. The van der Waals surface area contributed by atoms with Crippen LogP contribution in [0.2, 0.25) is 10.0 Å². The highest BCUT2D eigenvalue weighted by Crippen LogP contribution is 2.29. The summed E-state index contributed by atoms with van der Waals surface area (Å²) in [6.45, 7) is 1.01. The van der Waals surface area contributed by atoms with E-state index in [9.17, 15) is 4.79 Å². The molecule has 128 valence electrons. The molecule has 0 saturated heterocycles. The first-order valence-electron chi connectivity index (χ1n) is 7.29. The van der Waals surface area contributed by atoms with Crippen molar-refractivity contribution < 1.29 is 14.3 Å². The fourth-order valence-corrected chi connectivity index (χ4v) is 2.29. The van der Waals surface area contributed by atoms with Gasteiger partial charge in [0.15, 0.2) is 0 Å². The summed E-state index contributed by atoms with van der Waals surface area (Å²) in [5.74, 6) is 0.454. The molecule has 0 spiro atoms. The molecule has 2 rings (SSSR count). The molecule has 0 bridgehead atoms. The van der Waals surface area contributed by atoms with Gasteiger partial charge >= 0.3 is 0 Å². The van der Waals surface area contributed by atoms with Gasteiger partial charge in [-0.1, -0.05) is 35.3 Å². The quantitative estimate of drug-likeness (QED) is 0.689. The van der Waals surface area contributed by atoms with Crippen molar-refractivity contribution in [1.29, 1.82) is 0 Å². The van der Waals surface area contributed by atoms with Gasteiger partial charge in [-0.3, -0.25) is 4.79 Å². The molecule has 0 aliphatic heterocycles. The van der Waals surface area contributed by atoms with Crippen molar-refractivity contribution in [2.75, 3.05) is 37.5 Å². The molecule has 0 saturated carbocycles. The monoisotopic (exact) mass is 368 g/mol. The molecule has 24 heavy (non-hydrogen) atoms. The van der Waals surface area contributed by atoms with Crippen molar-refractivity contribution in [3.8, 4) is 5.75 Å². The third kappa shape index (κ3) is 5.60. The minimum absolute atomic E-state index is 0.0643. The Morgan fingerprint density at radius 2 is 1.92 bits per heavy atom. The highest BCUT2D eigenvalue weighted by atomic mass is 35.5. The number of nitrogens with one attached hydrogen (secondary N) is 2. The van der Waals surface area contributed by atoms with Crippen molar-refractivity contribution >= 4 is 40.5 Å². The van der Waals surface area contributed by atoms with Crippen LogP contribution in [0.3, 0.4) is 0 Å². The molecule has 2 aromatic carbocycles. The predicted molar refractivity (Wildman–Crippen MR) is 97.4 cm³/mol. The van der Waals surface area contributed by atoms with E-state index in [1.165, 1.54) is 0 Å². The van der Waals surface area contributed by atoms with Crippen LogP contribution in [0.1, 0.15) is 0 Å². The number of anilines is 2. The standard InChI is InChI=1S/C17H18Cl2N2O3/c1-23-8-9-24-13-5-2-4-12(10-13)21-16(22)11-20-15-7-3-6-14(18)17(15)19/h2-7,10,20H,8-9,11H2,1H3,(H,21,22). The Bertz CT molecular complexity index is 695. The van der Waals surface area contributed by atoms with Gasteiger partial charge < -0.3 is 20.1 Å². The fraction of sp³-hybridized carbons (Fsp3) is 0.235. The van der Waals surface area contributed by atoms with Crippen LogP contribution in [0, 0.1) is 0 Å². The average molecular weight is 369 g/mol. The molecule has 0 aliphatic carbocycles. The predicted octanol–water partition coefficient (Wildman–Crippen LogP) is 4.07. The summed E-state index contributed by atoms with van der Waals surface area (Å²) in [6.07, 6.45) is 0. The SMILES string of the molecule is COCCOc1cccc(NC(=O)CNc2cccc(Cl)c2Cl)c1. The number of hydrogen-bond donors (Lipinski definition) is 2. The number of amides is 1. The summed E-state index contributed by atoms with van der Waals surface area (Å²) >= 11 is 12.0. The van der Waals surface area contributed by atoms with Gasteiger partial charge in [-0.2, -0.15) is 0 Å². The zero-order chi connectivity index (χ0) is 17.4. The lowest BCUT2D eigenvalue weighted by molar-refractivity contribution is -0.114. The van der Waals surface area contributed by atoms with Crippen molar-refractivity contribution in [2.45, 2.75) is 0 Å². The van der Waals surface area contributed by atoms with E-state index in [-0.39, 0.29) is 12.5 Å². The Balaban J connectivity index is 1.88. The Kier molecular flexibility index (Phi) is 7.18. The number of hydrogen-bond acceptors (Lipinski definition) is 4.